The van der Waals surface area contributed by atoms with Crippen molar-refractivity contribution < 1.29 is 0 Å². The van der Waals surface area contributed by atoms with Gasteiger partial charge in [-0.15, -0.1) is 0 Å². The van der Waals surface area contributed by atoms with Crippen LogP contribution in [0.4, 0.5) is 17.3 Å². The van der Waals surface area contributed by atoms with E-state index in [9.17, 15) is 0 Å². The Morgan fingerprint density at radius 2 is 1.88 bits per heavy atom. The van der Waals surface area contributed by atoms with Gasteiger partial charge in [-0.25, -0.2) is 9.97 Å². The topological polar surface area (TPSA) is 73.6 Å². The minimum absolute atomic E-state index is 0.224. The first-order valence-corrected chi connectivity index (χ1v) is 5.13. The first kappa shape index (κ1) is 10.9. The van der Waals surface area contributed by atoms with Gasteiger partial charge in [0.15, 0.2) is 0 Å². The summed E-state index contributed by atoms with van der Waals surface area (Å²) in [4.78, 5) is 8.10. The molecular formula is C12H11N5. The highest BCUT2D eigenvalue weighted by molar-refractivity contribution is 5.58. The van der Waals surface area contributed by atoms with E-state index in [0.717, 1.165) is 5.69 Å². The Labute approximate surface area is 99.1 Å². The molecule has 5 heteroatoms. The molecule has 1 heterocycles. The molecule has 0 fully saturated rings. The van der Waals surface area contributed by atoms with E-state index in [1.54, 1.807) is 6.07 Å². The zero-order valence-corrected chi connectivity index (χ0v) is 9.09. The zero-order valence-electron chi connectivity index (χ0n) is 9.09. The second-order valence-electron chi connectivity index (χ2n) is 3.29. The summed E-state index contributed by atoms with van der Waals surface area (Å²) >= 11 is 0. The second kappa shape index (κ2) is 5.47. The number of para-hydroxylation sites is 1. The van der Waals surface area contributed by atoms with E-state index >= 15 is 0 Å². The maximum absolute atomic E-state index is 8.46. The summed E-state index contributed by atoms with van der Waals surface area (Å²) in [5.74, 6) is 1.31. The molecule has 0 aliphatic rings. The molecule has 0 unspecified atom stereocenters. The third-order valence-corrected chi connectivity index (χ3v) is 2.06. The molecule has 84 valence electrons. The van der Waals surface area contributed by atoms with Gasteiger partial charge in [0.05, 0.1) is 6.07 Å². The molecule has 0 radical (unpaired) electrons. The fourth-order valence-electron chi connectivity index (χ4n) is 1.32. The number of anilines is 3. The van der Waals surface area contributed by atoms with Gasteiger partial charge in [0.25, 0.3) is 0 Å². The Bertz CT molecular complexity index is 518. The van der Waals surface area contributed by atoms with Crippen molar-refractivity contribution in [2.24, 2.45) is 0 Å². The standard InChI is InChI=1S/C12H11N5/c13-6-7-14-11-8-12(16-9-15-11)17-10-4-2-1-3-5-10/h1-5,8-9H,7H2,(H2,14,15,16,17). The SMILES string of the molecule is N#CCNc1cc(Nc2ccccc2)ncn1. The van der Waals surface area contributed by atoms with Gasteiger partial charge in [0.1, 0.15) is 24.5 Å². The van der Waals surface area contributed by atoms with Crippen LogP contribution in [0.5, 0.6) is 0 Å². The summed E-state index contributed by atoms with van der Waals surface area (Å²) in [6.45, 7) is 0.224. The first-order valence-electron chi connectivity index (χ1n) is 5.13. The van der Waals surface area contributed by atoms with E-state index in [-0.39, 0.29) is 6.54 Å². The van der Waals surface area contributed by atoms with Crippen LogP contribution in [0.2, 0.25) is 0 Å². The fourth-order valence-corrected chi connectivity index (χ4v) is 1.32. The van der Waals surface area contributed by atoms with E-state index < -0.39 is 0 Å². The van der Waals surface area contributed by atoms with Crippen LogP contribution in [0.25, 0.3) is 0 Å². The van der Waals surface area contributed by atoms with Crippen LogP contribution in [0.15, 0.2) is 42.7 Å². The Hall–Kier alpha value is -2.61. The molecule has 2 aromatic rings. The number of nitriles is 1. The summed E-state index contributed by atoms with van der Waals surface area (Å²) in [5, 5.41) is 14.5. The maximum Gasteiger partial charge on any atom is 0.135 e. The molecular weight excluding hydrogens is 214 g/mol. The summed E-state index contributed by atoms with van der Waals surface area (Å²) in [7, 11) is 0. The summed E-state index contributed by atoms with van der Waals surface area (Å²) < 4.78 is 0. The van der Waals surface area contributed by atoms with Crippen molar-refractivity contribution >= 4 is 17.3 Å². The lowest BCUT2D eigenvalue weighted by Gasteiger charge is -2.06. The quantitative estimate of drug-likeness (QED) is 0.780. The number of benzene rings is 1. The smallest absolute Gasteiger partial charge is 0.135 e. The molecule has 2 N–H and O–H groups in total. The van der Waals surface area contributed by atoms with E-state index in [1.165, 1.54) is 6.33 Å². The number of nitrogens with one attached hydrogen (secondary N) is 2. The molecule has 17 heavy (non-hydrogen) atoms. The third-order valence-electron chi connectivity index (χ3n) is 2.06. The minimum Gasteiger partial charge on any atom is -0.357 e. The van der Waals surface area contributed by atoms with Gasteiger partial charge in [0, 0.05) is 11.8 Å². The van der Waals surface area contributed by atoms with Gasteiger partial charge >= 0.3 is 0 Å². The lowest BCUT2D eigenvalue weighted by molar-refractivity contribution is 1.14. The molecule has 2 rings (SSSR count). The number of aromatic nitrogens is 2. The van der Waals surface area contributed by atoms with Crippen LogP contribution in [0, 0.1) is 11.3 Å². The maximum atomic E-state index is 8.46. The lowest BCUT2D eigenvalue weighted by Crippen LogP contribution is -2.02. The summed E-state index contributed by atoms with van der Waals surface area (Å²) in [5.41, 5.74) is 0.956. The Morgan fingerprint density at radius 1 is 1.12 bits per heavy atom. The monoisotopic (exact) mass is 225 g/mol. The molecule has 0 bridgehead atoms. The minimum atomic E-state index is 0.224. The normalized spacial score (nSPS) is 9.35. The molecule has 1 aromatic carbocycles. The Balaban J connectivity index is 2.09. The van der Waals surface area contributed by atoms with Gasteiger partial charge in [-0.3, -0.25) is 0 Å². The fraction of sp³-hybridized carbons (Fsp3) is 0.0833. The Kier molecular flexibility index (Phi) is 3.50. The number of hydrogen-bond acceptors (Lipinski definition) is 5. The van der Waals surface area contributed by atoms with Crippen molar-refractivity contribution in [1.82, 2.24) is 9.97 Å². The average molecular weight is 225 g/mol. The van der Waals surface area contributed by atoms with Crippen molar-refractivity contribution in [1.29, 1.82) is 5.26 Å². The van der Waals surface area contributed by atoms with Gasteiger partial charge in [0.2, 0.25) is 0 Å². The van der Waals surface area contributed by atoms with E-state index in [0.29, 0.717) is 11.6 Å². The van der Waals surface area contributed by atoms with Crippen LogP contribution >= 0.6 is 0 Å². The zero-order chi connectivity index (χ0) is 11.9. The highest BCUT2D eigenvalue weighted by Gasteiger charge is 1.98. The highest BCUT2D eigenvalue weighted by Crippen LogP contribution is 2.15. The third kappa shape index (κ3) is 3.18. The molecule has 1 aromatic heterocycles. The highest BCUT2D eigenvalue weighted by atomic mass is 15.1. The van der Waals surface area contributed by atoms with Gasteiger partial charge < -0.3 is 10.6 Å². The average Bonchev–Trinajstić information content (AvgIpc) is 2.38. The van der Waals surface area contributed by atoms with E-state index in [4.69, 9.17) is 5.26 Å². The Morgan fingerprint density at radius 3 is 2.65 bits per heavy atom. The van der Waals surface area contributed by atoms with Crippen molar-refractivity contribution in [2.75, 3.05) is 17.2 Å². The summed E-state index contributed by atoms with van der Waals surface area (Å²) in [6, 6.07) is 13.5. The van der Waals surface area contributed by atoms with Gasteiger partial charge in [-0.1, -0.05) is 18.2 Å². The number of rotatable bonds is 4. The molecule has 0 atom stereocenters. The predicted octanol–water partition coefficient (Wildman–Crippen LogP) is 2.16. The number of nitrogens with zero attached hydrogens (tertiary/aromatic N) is 3. The van der Waals surface area contributed by atoms with E-state index in [1.807, 2.05) is 36.4 Å². The van der Waals surface area contributed by atoms with E-state index in [2.05, 4.69) is 20.6 Å². The molecule has 0 saturated carbocycles. The van der Waals surface area contributed by atoms with Crippen molar-refractivity contribution in [3.63, 3.8) is 0 Å². The van der Waals surface area contributed by atoms with Gasteiger partial charge in [-0.05, 0) is 12.1 Å². The second-order valence-corrected chi connectivity index (χ2v) is 3.29. The van der Waals surface area contributed by atoms with Crippen LogP contribution in [-0.4, -0.2) is 16.5 Å². The van der Waals surface area contributed by atoms with Crippen molar-refractivity contribution in [3.8, 4) is 6.07 Å². The van der Waals surface area contributed by atoms with Crippen molar-refractivity contribution in [2.45, 2.75) is 0 Å². The molecule has 0 aliphatic carbocycles. The van der Waals surface area contributed by atoms with Gasteiger partial charge in [-0.2, -0.15) is 5.26 Å². The number of hydrogen-bond donors (Lipinski definition) is 2. The lowest BCUT2D eigenvalue weighted by atomic mass is 10.3. The van der Waals surface area contributed by atoms with Crippen LogP contribution in [-0.2, 0) is 0 Å². The molecule has 0 amide bonds. The van der Waals surface area contributed by atoms with Crippen LogP contribution < -0.4 is 10.6 Å². The molecule has 0 aliphatic heterocycles. The molecule has 5 nitrogen and oxygen atoms in total. The molecule has 0 spiro atoms. The largest absolute Gasteiger partial charge is 0.357 e. The summed E-state index contributed by atoms with van der Waals surface area (Å²) in [6.07, 6.45) is 1.45. The van der Waals surface area contributed by atoms with Crippen LogP contribution in [0.3, 0.4) is 0 Å². The first-order chi connectivity index (χ1) is 8.38. The van der Waals surface area contributed by atoms with Crippen LogP contribution in [0.1, 0.15) is 0 Å². The van der Waals surface area contributed by atoms with Crippen molar-refractivity contribution in [3.05, 3.63) is 42.7 Å². The predicted molar refractivity (Wildman–Crippen MR) is 65.9 cm³/mol. The molecule has 0 saturated heterocycles.